The number of amides is 2. The SMILES string of the molecule is Cc1ccc(N2CCN(C(=O)c3ccc([C@@H]4C(=O)NCC4c4ccccc4)nc3)CC2)c(C)c1. The fraction of sp³-hybridized carbons (Fsp3) is 0.321. The van der Waals surface area contributed by atoms with Crippen LogP contribution in [0.1, 0.15) is 44.6 Å². The van der Waals surface area contributed by atoms with E-state index in [-0.39, 0.29) is 23.7 Å². The molecule has 1 N–H and O–H groups in total. The van der Waals surface area contributed by atoms with Gasteiger partial charge in [-0.25, -0.2) is 0 Å². The van der Waals surface area contributed by atoms with E-state index < -0.39 is 0 Å². The summed E-state index contributed by atoms with van der Waals surface area (Å²) in [6.45, 7) is 7.81. The van der Waals surface area contributed by atoms with Gasteiger partial charge in [0.05, 0.1) is 17.2 Å². The number of rotatable bonds is 4. The molecule has 34 heavy (non-hydrogen) atoms. The Kier molecular flexibility index (Phi) is 6.05. The van der Waals surface area contributed by atoms with Crippen LogP contribution in [0.2, 0.25) is 0 Å². The second-order valence-electron chi connectivity index (χ2n) is 9.28. The Balaban J connectivity index is 1.26. The highest BCUT2D eigenvalue weighted by Gasteiger charge is 2.37. The molecule has 2 aliphatic heterocycles. The minimum Gasteiger partial charge on any atom is -0.368 e. The molecule has 3 heterocycles. The van der Waals surface area contributed by atoms with Crippen LogP contribution in [0.4, 0.5) is 5.69 Å². The molecular formula is C28H30N4O2. The number of hydrogen-bond acceptors (Lipinski definition) is 4. The zero-order valence-electron chi connectivity index (χ0n) is 19.7. The average molecular weight is 455 g/mol. The molecule has 2 amide bonds. The second-order valence-corrected chi connectivity index (χ2v) is 9.28. The maximum atomic E-state index is 13.1. The first kappa shape index (κ1) is 22.1. The van der Waals surface area contributed by atoms with Gasteiger partial charge in [0.25, 0.3) is 5.91 Å². The first-order valence-electron chi connectivity index (χ1n) is 11.9. The van der Waals surface area contributed by atoms with E-state index in [1.807, 2.05) is 47.4 Å². The molecule has 0 spiro atoms. The van der Waals surface area contributed by atoms with E-state index in [0.717, 1.165) is 18.7 Å². The van der Waals surface area contributed by atoms with Gasteiger partial charge in [-0.3, -0.25) is 14.6 Å². The summed E-state index contributed by atoms with van der Waals surface area (Å²) in [5.74, 6) is -0.313. The molecule has 0 bridgehead atoms. The predicted molar refractivity (Wildman–Crippen MR) is 133 cm³/mol. The molecule has 2 aliphatic rings. The lowest BCUT2D eigenvalue weighted by Gasteiger charge is -2.37. The van der Waals surface area contributed by atoms with E-state index in [0.29, 0.717) is 30.9 Å². The lowest BCUT2D eigenvalue weighted by Crippen LogP contribution is -2.49. The monoisotopic (exact) mass is 454 g/mol. The molecule has 6 heteroatoms. The van der Waals surface area contributed by atoms with Crippen LogP contribution >= 0.6 is 0 Å². The minimum absolute atomic E-state index is 0.00480. The van der Waals surface area contributed by atoms with Crippen LogP contribution in [0.5, 0.6) is 0 Å². The van der Waals surface area contributed by atoms with Crippen molar-refractivity contribution in [1.82, 2.24) is 15.2 Å². The van der Waals surface area contributed by atoms with E-state index in [4.69, 9.17) is 0 Å². The number of piperazine rings is 1. The smallest absolute Gasteiger partial charge is 0.255 e. The Morgan fingerprint density at radius 2 is 1.74 bits per heavy atom. The summed E-state index contributed by atoms with van der Waals surface area (Å²) in [6.07, 6.45) is 1.63. The molecule has 1 aromatic heterocycles. The summed E-state index contributed by atoms with van der Waals surface area (Å²) in [5, 5.41) is 2.97. The molecule has 0 radical (unpaired) electrons. The topological polar surface area (TPSA) is 65.5 Å². The zero-order valence-corrected chi connectivity index (χ0v) is 19.7. The molecule has 174 valence electrons. The standard InChI is InChI=1S/C28H30N4O2/c1-19-8-11-25(20(2)16-19)31-12-14-32(15-13-31)28(34)22-9-10-24(29-17-22)26-23(18-30-27(26)33)21-6-4-3-5-7-21/h3-11,16-17,23,26H,12-15,18H2,1-2H3,(H,30,33)/t23?,26-/m1/s1. The maximum absolute atomic E-state index is 13.1. The van der Waals surface area contributed by atoms with Gasteiger partial charge >= 0.3 is 0 Å². The van der Waals surface area contributed by atoms with Crippen molar-refractivity contribution < 1.29 is 9.59 Å². The Morgan fingerprint density at radius 3 is 2.41 bits per heavy atom. The highest BCUT2D eigenvalue weighted by molar-refractivity contribution is 5.94. The molecule has 0 aliphatic carbocycles. The van der Waals surface area contributed by atoms with Gasteiger partial charge in [0.1, 0.15) is 0 Å². The highest BCUT2D eigenvalue weighted by Crippen LogP contribution is 2.35. The molecule has 2 atom stereocenters. The number of anilines is 1. The maximum Gasteiger partial charge on any atom is 0.255 e. The van der Waals surface area contributed by atoms with Crippen LogP contribution in [0.25, 0.3) is 0 Å². The van der Waals surface area contributed by atoms with Gasteiger partial charge in [0.15, 0.2) is 0 Å². The van der Waals surface area contributed by atoms with Gasteiger partial charge < -0.3 is 15.1 Å². The number of carbonyl (C=O) groups is 2. The molecule has 0 saturated carbocycles. The normalized spacial score (nSPS) is 20.4. The second kappa shape index (κ2) is 9.29. The van der Waals surface area contributed by atoms with Gasteiger partial charge in [-0.2, -0.15) is 0 Å². The zero-order chi connectivity index (χ0) is 23.7. The summed E-state index contributed by atoms with van der Waals surface area (Å²) in [5.41, 5.74) is 6.17. The van der Waals surface area contributed by atoms with E-state index >= 15 is 0 Å². The quantitative estimate of drug-likeness (QED) is 0.654. The van der Waals surface area contributed by atoms with Crippen LogP contribution in [-0.2, 0) is 4.79 Å². The molecule has 5 rings (SSSR count). The van der Waals surface area contributed by atoms with Crippen molar-refractivity contribution in [3.63, 3.8) is 0 Å². The van der Waals surface area contributed by atoms with Crippen molar-refractivity contribution in [3.05, 3.63) is 94.8 Å². The number of nitrogens with zero attached hydrogens (tertiary/aromatic N) is 3. The van der Waals surface area contributed by atoms with Crippen LogP contribution in [0.15, 0.2) is 66.9 Å². The van der Waals surface area contributed by atoms with Crippen LogP contribution in [-0.4, -0.2) is 54.4 Å². The summed E-state index contributed by atoms with van der Waals surface area (Å²) in [6, 6.07) is 20.2. The largest absolute Gasteiger partial charge is 0.368 e. The van der Waals surface area contributed by atoms with Crippen LogP contribution < -0.4 is 10.2 Å². The third kappa shape index (κ3) is 4.28. The van der Waals surface area contributed by atoms with Crippen molar-refractivity contribution in [2.45, 2.75) is 25.7 Å². The van der Waals surface area contributed by atoms with E-state index in [9.17, 15) is 9.59 Å². The predicted octanol–water partition coefficient (Wildman–Crippen LogP) is 3.66. The average Bonchev–Trinajstić information content (AvgIpc) is 3.26. The fourth-order valence-corrected chi connectivity index (χ4v) is 5.18. The highest BCUT2D eigenvalue weighted by atomic mass is 16.2. The molecule has 3 aromatic rings. The Labute approximate surface area is 200 Å². The van der Waals surface area contributed by atoms with Gasteiger partial charge in [0.2, 0.25) is 5.91 Å². The van der Waals surface area contributed by atoms with Crippen LogP contribution in [0.3, 0.4) is 0 Å². The number of carbonyl (C=O) groups excluding carboxylic acids is 2. The Morgan fingerprint density at radius 1 is 0.971 bits per heavy atom. The van der Waals surface area contributed by atoms with Gasteiger partial charge in [-0.05, 0) is 43.2 Å². The summed E-state index contributed by atoms with van der Waals surface area (Å²) in [4.78, 5) is 34.5. The first-order valence-corrected chi connectivity index (χ1v) is 11.9. The van der Waals surface area contributed by atoms with Crippen molar-refractivity contribution in [1.29, 1.82) is 0 Å². The lowest BCUT2D eigenvalue weighted by atomic mass is 9.86. The van der Waals surface area contributed by atoms with Crippen molar-refractivity contribution in [2.75, 3.05) is 37.6 Å². The summed E-state index contributed by atoms with van der Waals surface area (Å²) in [7, 11) is 0. The Hall–Kier alpha value is -3.67. The summed E-state index contributed by atoms with van der Waals surface area (Å²) < 4.78 is 0. The number of benzene rings is 2. The van der Waals surface area contributed by atoms with Crippen molar-refractivity contribution in [2.24, 2.45) is 0 Å². The molecule has 2 saturated heterocycles. The van der Waals surface area contributed by atoms with E-state index in [2.05, 4.69) is 47.2 Å². The van der Waals surface area contributed by atoms with Crippen molar-refractivity contribution >= 4 is 17.5 Å². The van der Waals surface area contributed by atoms with Crippen molar-refractivity contribution in [3.8, 4) is 0 Å². The Bertz CT molecular complexity index is 1180. The number of nitrogens with one attached hydrogen (secondary N) is 1. The third-order valence-electron chi connectivity index (χ3n) is 7.02. The number of pyridine rings is 1. The van der Waals surface area contributed by atoms with Gasteiger partial charge in [-0.1, -0.05) is 48.0 Å². The lowest BCUT2D eigenvalue weighted by molar-refractivity contribution is -0.120. The molecule has 2 fully saturated rings. The summed E-state index contributed by atoms with van der Waals surface area (Å²) >= 11 is 0. The molecule has 6 nitrogen and oxygen atoms in total. The molecule has 2 aromatic carbocycles. The number of hydrogen-bond donors (Lipinski definition) is 1. The van der Waals surface area contributed by atoms with E-state index in [1.54, 1.807) is 6.20 Å². The third-order valence-corrected chi connectivity index (χ3v) is 7.02. The molecule has 1 unspecified atom stereocenters. The number of aryl methyl sites for hydroxylation is 2. The van der Waals surface area contributed by atoms with E-state index in [1.165, 1.54) is 16.8 Å². The van der Waals surface area contributed by atoms with Gasteiger partial charge in [0, 0.05) is 50.5 Å². The van der Waals surface area contributed by atoms with Gasteiger partial charge in [-0.15, -0.1) is 0 Å². The minimum atomic E-state index is -0.340. The van der Waals surface area contributed by atoms with Crippen LogP contribution in [0, 0.1) is 13.8 Å². The first-order chi connectivity index (χ1) is 16.5. The number of aromatic nitrogens is 1. The fourth-order valence-electron chi connectivity index (χ4n) is 5.18. The molecular weight excluding hydrogens is 424 g/mol.